The summed E-state index contributed by atoms with van der Waals surface area (Å²) >= 11 is 0. The molecular formula is C15H19N3O2. The molecule has 0 radical (unpaired) electrons. The Morgan fingerprint density at radius 1 is 1.40 bits per heavy atom. The van der Waals surface area contributed by atoms with Gasteiger partial charge in [-0.1, -0.05) is 6.92 Å². The SMILES string of the molecule is CCC(=O)c1cnn2cc(OCCN3CCC3)ccc12. The Bertz CT molecular complexity index is 617. The molecule has 0 amide bonds. The largest absolute Gasteiger partial charge is 0.491 e. The Morgan fingerprint density at radius 2 is 2.25 bits per heavy atom. The summed E-state index contributed by atoms with van der Waals surface area (Å²) in [6, 6.07) is 3.80. The van der Waals surface area contributed by atoms with Gasteiger partial charge in [-0.15, -0.1) is 0 Å². The quantitative estimate of drug-likeness (QED) is 0.755. The van der Waals surface area contributed by atoms with E-state index in [1.165, 1.54) is 19.5 Å². The number of carbonyl (C=O) groups is 1. The van der Waals surface area contributed by atoms with Crippen LogP contribution in [0.2, 0.25) is 0 Å². The van der Waals surface area contributed by atoms with Crippen molar-refractivity contribution in [2.45, 2.75) is 19.8 Å². The number of carbonyl (C=O) groups excluding carboxylic acids is 1. The predicted molar refractivity (Wildman–Crippen MR) is 76.4 cm³/mol. The van der Waals surface area contributed by atoms with Crippen LogP contribution >= 0.6 is 0 Å². The predicted octanol–water partition coefficient (Wildman–Crippen LogP) is 2.01. The molecule has 0 aliphatic carbocycles. The first-order valence-corrected chi connectivity index (χ1v) is 7.13. The second-order valence-corrected chi connectivity index (χ2v) is 5.07. The second-order valence-electron chi connectivity index (χ2n) is 5.07. The molecule has 2 aromatic rings. The van der Waals surface area contributed by atoms with Crippen LogP contribution < -0.4 is 4.74 Å². The summed E-state index contributed by atoms with van der Waals surface area (Å²) < 4.78 is 7.44. The average Bonchev–Trinajstić information content (AvgIpc) is 2.83. The van der Waals surface area contributed by atoms with Crippen molar-refractivity contribution in [3.05, 3.63) is 30.1 Å². The number of likely N-dealkylation sites (tertiary alicyclic amines) is 1. The number of hydrogen-bond acceptors (Lipinski definition) is 4. The van der Waals surface area contributed by atoms with Gasteiger partial charge in [-0.25, -0.2) is 4.52 Å². The minimum atomic E-state index is 0.117. The van der Waals surface area contributed by atoms with Crippen molar-refractivity contribution in [3.8, 4) is 5.75 Å². The first kappa shape index (κ1) is 13.1. The van der Waals surface area contributed by atoms with E-state index in [1.807, 2.05) is 25.3 Å². The summed E-state index contributed by atoms with van der Waals surface area (Å²) in [4.78, 5) is 14.1. The van der Waals surface area contributed by atoms with Crippen molar-refractivity contribution in [2.24, 2.45) is 0 Å². The highest BCUT2D eigenvalue weighted by atomic mass is 16.5. The maximum atomic E-state index is 11.8. The van der Waals surface area contributed by atoms with E-state index >= 15 is 0 Å². The lowest BCUT2D eigenvalue weighted by Gasteiger charge is -2.30. The van der Waals surface area contributed by atoms with Gasteiger partial charge in [-0.3, -0.25) is 9.69 Å². The maximum Gasteiger partial charge on any atom is 0.166 e. The van der Waals surface area contributed by atoms with Gasteiger partial charge in [0.05, 0.1) is 23.5 Å². The molecule has 1 saturated heterocycles. The van der Waals surface area contributed by atoms with E-state index in [0.29, 0.717) is 18.6 Å². The Hall–Kier alpha value is -1.88. The summed E-state index contributed by atoms with van der Waals surface area (Å²) in [6.07, 6.45) is 5.26. The molecule has 106 valence electrons. The van der Waals surface area contributed by atoms with Crippen LogP contribution in [0.15, 0.2) is 24.5 Å². The Kier molecular flexibility index (Phi) is 3.69. The van der Waals surface area contributed by atoms with Crippen LogP contribution in [0.4, 0.5) is 0 Å². The molecule has 1 fully saturated rings. The Morgan fingerprint density at radius 3 is 2.95 bits per heavy atom. The van der Waals surface area contributed by atoms with Crippen molar-refractivity contribution < 1.29 is 9.53 Å². The van der Waals surface area contributed by atoms with Crippen molar-refractivity contribution in [3.63, 3.8) is 0 Å². The third-order valence-corrected chi connectivity index (χ3v) is 3.74. The molecular weight excluding hydrogens is 254 g/mol. The fourth-order valence-corrected chi connectivity index (χ4v) is 2.35. The van der Waals surface area contributed by atoms with Gasteiger partial charge in [0, 0.05) is 13.0 Å². The molecule has 0 spiro atoms. The summed E-state index contributed by atoms with van der Waals surface area (Å²) in [7, 11) is 0. The first-order valence-electron chi connectivity index (χ1n) is 7.13. The van der Waals surface area contributed by atoms with Crippen molar-refractivity contribution in [1.82, 2.24) is 14.5 Å². The first-order chi connectivity index (χ1) is 9.78. The monoisotopic (exact) mass is 273 g/mol. The van der Waals surface area contributed by atoms with Crippen molar-refractivity contribution in [1.29, 1.82) is 0 Å². The fourth-order valence-electron chi connectivity index (χ4n) is 2.35. The molecule has 0 N–H and O–H groups in total. The number of rotatable bonds is 6. The van der Waals surface area contributed by atoms with Gasteiger partial charge in [0.25, 0.3) is 0 Å². The second kappa shape index (κ2) is 5.63. The minimum Gasteiger partial charge on any atom is -0.491 e. The number of aromatic nitrogens is 2. The molecule has 0 saturated carbocycles. The zero-order chi connectivity index (χ0) is 13.9. The van der Waals surface area contributed by atoms with Crippen LogP contribution in [0, 0.1) is 0 Å². The fraction of sp³-hybridized carbons (Fsp3) is 0.467. The Balaban J connectivity index is 1.69. The number of ketones is 1. The molecule has 0 bridgehead atoms. The third-order valence-electron chi connectivity index (χ3n) is 3.74. The lowest BCUT2D eigenvalue weighted by atomic mass is 10.1. The number of fused-ring (bicyclic) bond motifs is 1. The lowest BCUT2D eigenvalue weighted by Crippen LogP contribution is -2.39. The number of hydrogen-bond donors (Lipinski definition) is 0. The number of ether oxygens (including phenoxy) is 1. The van der Waals surface area contributed by atoms with E-state index < -0.39 is 0 Å². The molecule has 0 aromatic carbocycles. The van der Waals surface area contributed by atoms with Crippen molar-refractivity contribution in [2.75, 3.05) is 26.2 Å². The van der Waals surface area contributed by atoms with E-state index in [9.17, 15) is 4.79 Å². The third kappa shape index (κ3) is 2.54. The highest BCUT2D eigenvalue weighted by Crippen LogP contribution is 2.18. The number of pyridine rings is 1. The summed E-state index contributed by atoms with van der Waals surface area (Å²) in [6.45, 7) is 5.89. The lowest BCUT2D eigenvalue weighted by molar-refractivity contribution is 0.0989. The van der Waals surface area contributed by atoms with Crippen LogP contribution in [0.1, 0.15) is 30.1 Å². The molecule has 1 aliphatic rings. The maximum absolute atomic E-state index is 11.8. The molecule has 0 unspecified atom stereocenters. The van der Waals surface area contributed by atoms with E-state index in [-0.39, 0.29) is 5.78 Å². The van der Waals surface area contributed by atoms with Gasteiger partial charge < -0.3 is 4.74 Å². The molecule has 5 nitrogen and oxygen atoms in total. The van der Waals surface area contributed by atoms with Crippen LogP contribution in [0.25, 0.3) is 5.52 Å². The highest BCUT2D eigenvalue weighted by Gasteiger charge is 2.13. The minimum absolute atomic E-state index is 0.117. The molecule has 3 rings (SSSR count). The Labute approximate surface area is 118 Å². The average molecular weight is 273 g/mol. The topological polar surface area (TPSA) is 46.8 Å². The molecule has 2 aromatic heterocycles. The van der Waals surface area contributed by atoms with Crippen LogP contribution in [0.3, 0.4) is 0 Å². The standard InChI is InChI=1S/C15H19N3O2/c1-2-15(19)13-10-16-18-11-12(4-5-14(13)18)20-9-8-17-6-3-7-17/h4-5,10-11H,2-3,6-9H2,1H3. The van der Waals surface area contributed by atoms with E-state index in [1.54, 1.807) is 10.7 Å². The van der Waals surface area contributed by atoms with Crippen LogP contribution in [0.5, 0.6) is 5.75 Å². The summed E-state index contributed by atoms with van der Waals surface area (Å²) in [5, 5.41) is 4.22. The molecule has 20 heavy (non-hydrogen) atoms. The highest BCUT2D eigenvalue weighted by molar-refractivity contribution is 6.01. The van der Waals surface area contributed by atoms with Gasteiger partial charge in [0.15, 0.2) is 5.78 Å². The van der Waals surface area contributed by atoms with Crippen LogP contribution in [-0.2, 0) is 0 Å². The molecule has 0 atom stereocenters. The zero-order valence-electron chi connectivity index (χ0n) is 11.7. The molecule has 3 heterocycles. The summed E-state index contributed by atoms with van der Waals surface area (Å²) in [5.41, 5.74) is 1.52. The van der Waals surface area contributed by atoms with Gasteiger partial charge in [-0.2, -0.15) is 5.10 Å². The van der Waals surface area contributed by atoms with Crippen molar-refractivity contribution >= 4 is 11.3 Å². The summed E-state index contributed by atoms with van der Waals surface area (Å²) in [5.74, 6) is 0.906. The number of nitrogens with zero attached hydrogens (tertiary/aromatic N) is 3. The van der Waals surface area contributed by atoms with Crippen LogP contribution in [-0.4, -0.2) is 46.5 Å². The van der Waals surface area contributed by atoms with E-state index in [0.717, 1.165) is 17.8 Å². The van der Waals surface area contributed by atoms with Gasteiger partial charge in [-0.05, 0) is 31.6 Å². The van der Waals surface area contributed by atoms with E-state index in [4.69, 9.17) is 4.74 Å². The smallest absolute Gasteiger partial charge is 0.166 e. The van der Waals surface area contributed by atoms with Gasteiger partial charge in [0.2, 0.25) is 0 Å². The van der Waals surface area contributed by atoms with E-state index in [2.05, 4.69) is 10.00 Å². The molecule has 1 aliphatic heterocycles. The van der Waals surface area contributed by atoms with Gasteiger partial charge in [0.1, 0.15) is 12.4 Å². The zero-order valence-corrected chi connectivity index (χ0v) is 11.7. The molecule has 5 heteroatoms. The normalized spacial score (nSPS) is 15.2. The number of Topliss-reactive ketones (excluding diaryl/α,β-unsaturated/α-hetero) is 1. The van der Waals surface area contributed by atoms with Gasteiger partial charge >= 0.3 is 0 Å².